The van der Waals surface area contributed by atoms with Crippen LogP contribution in [0, 0.1) is 66.1 Å². The number of hydrogen-bond donors (Lipinski definition) is 0. The molecule has 132 heavy (non-hydrogen) atoms. The van der Waals surface area contributed by atoms with E-state index in [0.717, 1.165) is 184 Å². The summed E-state index contributed by atoms with van der Waals surface area (Å²) in [5.41, 5.74) is 28.2. The van der Waals surface area contributed by atoms with Gasteiger partial charge in [-0.1, -0.05) is 233 Å². The number of para-hydroxylation sites is 2. The molecule has 0 saturated heterocycles. The Morgan fingerprint density at radius 3 is 0.985 bits per heavy atom. The van der Waals surface area contributed by atoms with Crippen molar-refractivity contribution in [2.75, 3.05) is 0 Å². The molecular weight excluding hydrogens is 1610 g/mol. The Bertz CT molecular complexity index is 8700. The van der Waals surface area contributed by atoms with E-state index < -0.39 is 0 Å². The molecule has 626 valence electrons. The third kappa shape index (κ3) is 14.0. The number of fused-ring (bicyclic) bond motifs is 12. The first kappa shape index (κ1) is 80.5. The van der Waals surface area contributed by atoms with Crippen LogP contribution in [0.1, 0.15) is 96.7 Å². The van der Waals surface area contributed by atoms with Gasteiger partial charge in [0.15, 0.2) is 34.9 Å². The Kier molecular flexibility index (Phi) is 19.5. The first-order chi connectivity index (χ1) is 64.3. The minimum absolute atomic E-state index is 0.0835. The van der Waals surface area contributed by atoms with Gasteiger partial charge in [0.05, 0.1) is 101 Å². The number of benzene rings is 16. The third-order valence-electron chi connectivity index (χ3n) is 26.3. The molecule has 0 saturated carbocycles. The summed E-state index contributed by atoms with van der Waals surface area (Å²) in [5, 5.41) is 51.6. The molecule has 0 unspecified atom stereocenters. The average molecular weight is 1700 g/mol. The molecule has 0 bridgehead atoms. The largest absolute Gasteiger partial charge is 0.309 e. The number of nitriles is 4. The maximum Gasteiger partial charge on any atom is 0.164 e. The lowest BCUT2D eigenvalue weighted by Crippen LogP contribution is -2.18. The van der Waals surface area contributed by atoms with Crippen molar-refractivity contribution in [3.05, 3.63) is 395 Å². The fourth-order valence-corrected chi connectivity index (χ4v) is 19.4. The van der Waals surface area contributed by atoms with Gasteiger partial charge in [-0.05, 0) is 230 Å². The quantitative estimate of drug-likeness (QED) is 0.0899. The Labute approximate surface area is 763 Å². The lowest BCUT2D eigenvalue weighted by molar-refractivity contribution is 0.480. The molecule has 22 rings (SSSR count). The Hall–Kier alpha value is -17.3. The summed E-state index contributed by atoms with van der Waals surface area (Å²) in [4.78, 5) is 32.0. The molecule has 14 heteroatoms. The summed E-state index contributed by atoms with van der Waals surface area (Å²) in [6.45, 7) is 17.8. The molecule has 0 aliphatic heterocycles. The normalized spacial score (nSPS) is 11.8. The predicted molar refractivity (Wildman–Crippen MR) is 534 cm³/mol. The molecule has 6 aromatic heterocycles. The van der Waals surface area contributed by atoms with Crippen LogP contribution in [0.2, 0.25) is 0 Å². The van der Waals surface area contributed by atoms with Crippen molar-refractivity contribution in [2.45, 2.75) is 79.1 Å². The number of aromatic nitrogens is 10. The summed E-state index contributed by atoms with van der Waals surface area (Å²) < 4.78 is 9.10. The zero-order valence-corrected chi connectivity index (χ0v) is 74.0. The van der Waals surface area contributed by atoms with Gasteiger partial charge in [0.1, 0.15) is 12.1 Å². The van der Waals surface area contributed by atoms with E-state index in [1.807, 2.05) is 127 Å². The van der Waals surface area contributed by atoms with Crippen LogP contribution in [0.25, 0.3) is 201 Å². The van der Waals surface area contributed by atoms with Gasteiger partial charge in [0.25, 0.3) is 0 Å². The monoisotopic (exact) mass is 1700 g/mol. The minimum Gasteiger partial charge on any atom is -0.309 e. The maximum absolute atomic E-state index is 11.2. The van der Waals surface area contributed by atoms with Crippen LogP contribution in [-0.4, -0.2) is 48.2 Å². The van der Waals surface area contributed by atoms with Crippen LogP contribution >= 0.6 is 0 Å². The molecule has 0 N–H and O–H groups in total. The Balaban J connectivity index is 0.619. The van der Waals surface area contributed by atoms with E-state index in [-0.39, 0.29) is 10.8 Å². The molecule has 22 aromatic rings. The second-order valence-corrected chi connectivity index (χ2v) is 36.3. The van der Waals surface area contributed by atoms with Crippen molar-refractivity contribution in [3.8, 4) is 138 Å². The van der Waals surface area contributed by atoms with Gasteiger partial charge in [-0.15, -0.1) is 0 Å². The smallest absolute Gasteiger partial charge is 0.164 e. The van der Waals surface area contributed by atoms with Gasteiger partial charge in [-0.2, -0.15) is 21.0 Å². The highest BCUT2D eigenvalue weighted by Gasteiger charge is 2.29. The minimum atomic E-state index is -0.319. The maximum atomic E-state index is 11.2. The summed E-state index contributed by atoms with van der Waals surface area (Å²) in [5.74, 6) is 2.81. The van der Waals surface area contributed by atoms with E-state index in [1.165, 1.54) is 16.7 Å². The van der Waals surface area contributed by atoms with Crippen LogP contribution in [0.15, 0.2) is 340 Å². The van der Waals surface area contributed by atoms with Gasteiger partial charge in [0.2, 0.25) is 0 Å². The van der Waals surface area contributed by atoms with E-state index >= 15 is 0 Å². The standard InChI is InChI=1S/C118H84N14/c1-71-33-47-101-93(55-71)94-56-72(2)34-48-102(94)130(101)108-62-82(38-40-86(108)70-122)114-124-112(78-25-13-10-14-26-78)126-116(128-114)84-42-46-90(80-28-20-22-76(59-80)68-120)110(64-84)132-103-49-35-73(3)57-95(103)96-60-74(36-50-104(96)132)53-54-118(7,8)88-44-52-105-98(66-88)92-30-15-17-31-99(92)129(105)107-61-81(37-39-85(107)69-121)113-123-111(77-23-11-9-12-24-77)125-115(127-113)83-41-45-89(79-27-19-21-75(58-79)67-119)109(63-83)131-100-32-18-16-29-91(100)97-65-87(117(4,5)6)43-51-106(97)131/h9-52,55-66H,53-54H2,1-8H3. The second-order valence-electron chi connectivity index (χ2n) is 36.3. The van der Waals surface area contributed by atoms with Crippen LogP contribution < -0.4 is 0 Å². The first-order valence-electron chi connectivity index (χ1n) is 44.5. The molecule has 0 aliphatic carbocycles. The number of rotatable bonds is 16. The molecule has 16 aromatic carbocycles. The van der Waals surface area contributed by atoms with Gasteiger partial charge in [-0.3, -0.25) is 0 Å². The van der Waals surface area contributed by atoms with E-state index in [2.05, 4.69) is 310 Å². The van der Waals surface area contributed by atoms with Crippen LogP contribution in [0.3, 0.4) is 0 Å². The zero-order valence-electron chi connectivity index (χ0n) is 74.0. The molecule has 6 heterocycles. The van der Waals surface area contributed by atoms with Crippen LogP contribution in [0.5, 0.6) is 0 Å². The number of hydrogen-bond acceptors (Lipinski definition) is 10. The first-order valence-corrected chi connectivity index (χ1v) is 44.5. The van der Waals surface area contributed by atoms with Crippen molar-refractivity contribution >= 4 is 87.2 Å². The SMILES string of the molecule is Cc1ccc2c(c1)c1cc(C)ccc1n2-c1cc(-c2nc(-c3ccccc3)nc(-c3ccc(-c4cccc(C#N)c4)c(-n4c5ccc(C)cc5c5cc(CCC(C)(C)c6ccc7c(c6)c6ccccc6n7-c6cc(-c7nc(-c8ccccc8)nc(-c8ccc(-c9cccc(C#N)c9)c(-n9c%10ccccc%10c%10cc(C(C)(C)C)ccc%109)c8)n7)ccc6C#N)ccc54)c3)n2)ccc1C#N. The molecular formula is C118H84N14. The molecule has 0 spiro atoms. The molecule has 14 nitrogen and oxygen atoms in total. The van der Waals surface area contributed by atoms with E-state index in [9.17, 15) is 21.0 Å². The summed E-state index contributed by atoms with van der Waals surface area (Å²) in [6.07, 6.45) is 1.60. The summed E-state index contributed by atoms with van der Waals surface area (Å²) in [7, 11) is 0. The van der Waals surface area contributed by atoms with Crippen LogP contribution in [0.4, 0.5) is 0 Å². The fraction of sp³-hybridized carbons (Fsp3) is 0.102. The number of nitrogens with zero attached hydrogens (tertiary/aromatic N) is 14. The van der Waals surface area contributed by atoms with Crippen molar-refractivity contribution in [3.63, 3.8) is 0 Å². The molecule has 0 atom stereocenters. The fourth-order valence-electron chi connectivity index (χ4n) is 19.4. The molecule has 0 radical (unpaired) electrons. The average Bonchev–Trinajstić information content (AvgIpc) is 1.49. The third-order valence-corrected chi connectivity index (χ3v) is 26.3. The second kappa shape index (κ2) is 31.9. The number of aryl methyl sites for hydroxylation is 4. The van der Waals surface area contributed by atoms with E-state index in [4.69, 9.17) is 29.9 Å². The summed E-state index contributed by atoms with van der Waals surface area (Å²) >= 11 is 0. The van der Waals surface area contributed by atoms with Crippen molar-refractivity contribution in [1.29, 1.82) is 21.0 Å². The lowest BCUT2D eigenvalue weighted by Gasteiger charge is -2.26. The van der Waals surface area contributed by atoms with E-state index in [1.54, 1.807) is 0 Å². The van der Waals surface area contributed by atoms with Gasteiger partial charge in [-0.25, -0.2) is 29.9 Å². The highest BCUT2D eigenvalue weighted by molar-refractivity contribution is 6.14. The van der Waals surface area contributed by atoms with Gasteiger partial charge < -0.3 is 18.3 Å². The highest BCUT2D eigenvalue weighted by atomic mass is 15.1. The molecule has 0 amide bonds. The van der Waals surface area contributed by atoms with Gasteiger partial charge in [0, 0.05) is 87.6 Å². The van der Waals surface area contributed by atoms with Crippen molar-refractivity contribution in [1.82, 2.24) is 48.2 Å². The molecule has 0 fully saturated rings. The van der Waals surface area contributed by atoms with Gasteiger partial charge >= 0.3 is 0 Å². The highest BCUT2D eigenvalue weighted by Crippen LogP contribution is 2.46. The lowest BCUT2D eigenvalue weighted by atomic mass is 9.79. The Morgan fingerprint density at radius 1 is 0.250 bits per heavy atom. The van der Waals surface area contributed by atoms with E-state index in [0.29, 0.717) is 68.5 Å². The van der Waals surface area contributed by atoms with Crippen LogP contribution in [-0.2, 0) is 17.3 Å². The predicted octanol–water partition coefficient (Wildman–Crippen LogP) is 28.4. The topological polar surface area (TPSA) is 192 Å². The Morgan fingerprint density at radius 2 is 0.576 bits per heavy atom. The molecule has 0 aliphatic rings. The van der Waals surface area contributed by atoms with Crippen molar-refractivity contribution in [2.24, 2.45) is 0 Å². The summed E-state index contributed by atoms with van der Waals surface area (Å²) in [6, 6.07) is 127. The van der Waals surface area contributed by atoms with Crippen molar-refractivity contribution < 1.29 is 0 Å². The zero-order chi connectivity index (χ0) is 90.0.